The number of carbonyl (C=O) groups excluding carboxylic acids is 2. The monoisotopic (exact) mass is 382 g/mol. The molecule has 0 spiro atoms. The van der Waals surface area contributed by atoms with E-state index >= 15 is 0 Å². The fourth-order valence-electron chi connectivity index (χ4n) is 2.28. The van der Waals surface area contributed by atoms with Crippen molar-refractivity contribution in [3.05, 3.63) is 108 Å². The smallest absolute Gasteiger partial charge is 0.255 e. The highest BCUT2D eigenvalue weighted by atomic mass is 16.2. The molecule has 0 aliphatic heterocycles. The fourth-order valence-corrected chi connectivity index (χ4v) is 2.28. The minimum absolute atomic E-state index is 0. The summed E-state index contributed by atoms with van der Waals surface area (Å²) in [5, 5.41) is 12.6. The van der Waals surface area contributed by atoms with Gasteiger partial charge in [0, 0.05) is 33.3 Å². The quantitative estimate of drug-likeness (QED) is 0.503. The Morgan fingerprint density at radius 3 is 2.18 bits per heavy atom. The fraction of sp³-hybridized carbons (Fsp3) is 0.130. The predicted molar refractivity (Wildman–Crippen MR) is 117 cm³/mol. The third-order valence-electron chi connectivity index (χ3n) is 3.54. The molecule has 28 heavy (non-hydrogen) atoms. The van der Waals surface area contributed by atoms with Crippen molar-refractivity contribution in [2.45, 2.75) is 13.5 Å². The number of amides is 2. The van der Waals surface area contributed by atoms with Crippen molar-refractivity contribution in [1.29, 1.82) is 0 Å². The lowest BCUT2D eigenvalue weighted by Crippen LogP contribution is -2.25. The number of allylic oxidation sites excluding steroid dienone is 2. The average molecular weight is 383 g/mol. The maximum Gasteiger partial charge on any atom is 0.255 e. The van der Waals surface area contributed by atoms with Gasteiger partial charge in [-0.3, -0.25) is 9.59 Å². The summed E-state index contributed by atoms with van der Waals surface area (Å²) in [5.74, 6) is -0.501. The van der Waals surface area contributed by atoms with Gasteiger partial charge in [-0.15, -0.1) is 0 Å². The third-order valence-corrected chi connectivity index (χ3v) is 3.54. The lowest BCUT2D eigenvalue weighted by atomic mass is 10.1. The number of aliphatic hydroxyl groups excluding tert-OH is 1. The highest BCUT2D eigenvalue weighted by Crippen LogP contribution is 2.06. The van der Waals surface area contributed by atoms with Gasteiger partial charge in [-0.2, -0.15) is 0 Å². The van der Waals surface area contributed by atoms with Crippen LogP contribution in [0.3, 0.4) is 0 Å². The molecule has 2 aromatic carbocycles. The van der Waals surface area contributed by atoms with Crippen LogP contribution in [-0.2, 0) is 11.3 Å². The molecule has 2 aromatic rings. The highest BCUT2D eigenvalue weighted by molar-refractivity contribution is 5.98. The van der Waals surface area contributed by atoms with Crippen molar-refractivity contribution in [1.82, 2.24) is 10.6 Å². The van der Waals surface area contributed by atoms with Crippen LogP contribution in [0.2, 0.25) is 0 Å². The molecule has 2 amide bonds. The van der Waals surface area contributed by atoms with Crippen LogP contribution in [0.1, 0.15) is 25.7 Å². The zero-order valence-corrected chi connectivity index (χ0v) is 16.2. The van der Waals surface area contributed by atoms with Crippen molar-refractivity contribution >= 4 is 11.8 Å². The molecular weight excluding hydrogens is 352 g/mol. The number of carbonyl (C=O) groups is 2. The van der Waals surface area contributed by atoms with E-state index in [1.165, 1.54) is 0 Å². The maximum atomic E-state index is 12.4. The molecule has 0 fully saturated rings. The molecule has 2 rings (SSSR count). The summed E-state index contributed by atoms with van der Waals surface area (Å²) in [5.41, 5.74) is 2.31. The molecule has 0 aromatic heterocycles. The lowest BCUT2D eigenvalue weighted by Gasteiger charge is -2.09. The normalized spacial score (nSPS) is 10.6. The zero-order chi connectivity index (χ0) is 20.8. The Morgan fingerprint density at radius 2 is 1.61 bits per heavy atom. The van der Waals surface area contributed by atoms with Crippen LogP contribution in [-0.4, -0.2) is 24.0 Å². The van der Waals surface area contributed by atoms with Crippen LogP contribution in [0.5, 0.6) is 0 Å². The Morgan fingerprint density at radius 1 is 1.04 bits per heavy atom. The van der Waals surface area contributed by atoms with Gasteiger partial charge >= 0.3 is 0 Å². The molecule has 3 N–H and O–H groups in total. The van der Waals surface area contributed by atoms with Gasteiger partial charge in [-0.25, -0.2) is 0 Å². The van der Waals surface area contributed by atoms with E-state index in [2.05, 4.69) is 17.2 Å². The topological polar surface area (TPSA) is 78.4 Å². The molecule has 0 saturated heterocycles. The van der Waals surface area contributed by atoms with E-state index in [0.29, 0.717) is 23.4 Å². The Hall–Kier alpha value is -3.44. The molecule has 150 valence electrons. The second kappa shape index (κ2) is 12.8. The summed E-state index contributed by atoms with van der Waals surface area (Å²) in [6.07, 6.45) is 5.00. The van der Waals surface area contributed by atoms with E-state index in [1.807, 2.05) is 43.3 Å². The molecule has 0 aliphatic carbocycles. The van der Waals surface area contributed by atoms with Crippen LogP contribution in [0.25, 0.3) is 0 Å². The molecule has 0 bridgehead atoms. The molecule has 0 unspecified atom stereocenters. The minimum Gasteiger partial charge on any atom is -0.400 e. The van der Waals surface area contributed by atoms with Gasteiger partial charge in [0.1, 0.15) is 0 Å². The van der Waals surface area contributed by atoms with Crippen molar-refractivity contribution in [2.24, 2.45) is 0 Å². The van der Waals surface area contributed by atoms with E-state index in [9.17, 15) is 9.59 Å². The van der Waals surface area contributed by atoms with Crippen LogP contribution in [0, 0.1) is 0 Å². The van der Waals surface area contributed by atoms with Gasteiger partial charge < -0.3 is 15.7 Å². The summed E-state index contributed by atoms with van der Waals surface area (Å²) in [6, 6.07) is 18.5. The van der Waals surface area contributed by atoms with Crippen molar-refractivity contribution in [2.75, 3.05) is 7.11 Å². The Kier molecular flexibility index (Phi) is 10.4. The first-order chi connectivity index (χ1) is 13.6. The second-order valence-electron chi connectivity index (χ2n) is 5.61. The molecule has 0 radical (unpaired) electrons. The minimum atomic E-state index is -0.267. The molecule has 0 atom stereocenters. The molecule has 0 heterocycles. The molecular formula is C23H30N2O3. The zero-order valence-electron chi connectivity index (χ0n) is 16.2. The van der Waals surface area contributed by atoms with Crippen LogP contribution >= 0.6 is 0 Å². The van der Waals surface area contributed by atoms with Gasteiger partial charge in [-0.05, 0) is 30.7 Å². The SMILES string of the molecule is C=C(/C=C(\C=C/C)C(=O)NCc1ccccc1)NC(=O)c1ccccc1.CO.[HH].[HH]. The second-order valence-corrected chi connectivity index (χ2v) is 5.61. The van der Waals surface area contributed by atoms with Crippen LogP contribution < -0.4 is 10.6 Å². The largest absolute Gasteiger partial charge is 0.400 e. The first-order valence-electron chi connectivity index (χ1n) is 8.76. The molecule has 0 aliphatic rings. The van der Waals surface area contributed by atoms with Crippen molar-refractivity contribution in [3.8, 4) is 0 Å². The maximum absolute atomic E-state index is 12.4. The van der Waals surface area contributed by atoms with Crippen molar-refractivity contribution in [3.63, 3.8) is 0 Å². The Balaban J connectivity index is 0. The Bertz CT molecular complexity index is 836. The summed E-state index contributed by atoms with van der Waals surface area (Å²) < 4.78 is 0. The van der Waals surface area contributed by atoms with Gasteiger partial charge in [0.25, 0.3) is 11.8 Å². The number of hydrogen-bond donors (Lipinski definition) is 3. The summed E-state index contributed by atoms with van der Waals surface area (Å²) in [7, 11) is 1.00. The standard InChI is InChI=1S/C22H22N2O2.CH4O.2H2/c1-3-10-20(21(25)23-16-18-11-6-4-7-12-18)15-17(2)24-22(26)19-13-8-5-9-14-19;1-2;;/h3-15H,2,16H2,1H3,(H,23,25)(H,24,26);2H,1H3;2*1H/b10-3-,20-15+;;;. The van der Waals surface area contributed by atoms with E-state index in [0.717, 1.165) is 12.7 Å². The summed E-state index contributed by atoms with van der Waals surface area (Å²) >= 11 is 0. The third kappa shape index (κ3) is 7.85. The number of benzene rings is 2. The van der Waals surface area contributed by atoms with E-state index in [1.54, 1.807) is 42.5 Å². The summed E-state index contributed by atoms with van der Waals surface area (Å²) in [6.45, 7) is 6.07. The van der Waals surface area contributed by atoms with Gasteiger partial charge in [-0.1, -0.05) is 67.3 Å². The number of nitrogens with one attached hydrogen (secondary N) is 2. The van der Waals surface area contributed by atoms with E-state index in [-0.39, 0.29) is 14.7 Å². The number of rotatable bonds is 7. The van der Waals surface area contributed by atoms with E-state index in [4.69, 9.17) is 5.11 Å². The number of aliphatic hydroxyl groups is 1. The van der Waals surface area contributed by atoms with Crippen LogP contribution in [0.15, 0.2) is 96.7 Å². The molecule has 5 nitrogen and oxygen atoms in total. The first-order valence-corrected chi connectivity index (χ1v) is 8.76. The van der Waals surface area contributed by atoms with Gasteiger partial charge in [0.2, 0.25) is 0 Å². The van der Waals surface area contributed by atoms with E-state index < -0.39 is 0 Å². The van der Waals surface area contributed by atoms with Gasteiger partial charge in [0.05, 0.1) is 0 Å². The van der Waals surface area contributed by atoms with Crippen molar-refractivity contribution < 1.29 is 17.5 Å². The average Bonchev–Trinajstić information content (AvgIpc) is 2.74. The molecule has 0 saturated carbocycles. The first kappa shape index (κ1) is 22.6. The summed E-state index contributed by atoms with van der Waals surface area (Å²) in [4.78, 5) is 24.6. The number of hydrogen-bond acceptors (Lipinski definition) is 3. The predicted octanol–water partition coefficient (Wildman–Crippen LogP) is 3.85. The highest BCUT2D eigenvalue weighted by Gasteiger charge is 2.09. The van der Waals surface area contributed by atoms with Gasteiger partial charge in [0.15, 0.2) is 0 Å². The van der Waals surface area contributed by atoms with Crippen LogP contribution in [0.4, 0.5) is 0 Å². The Labute approximate surface area is 169 Å². The molecule has 5 heteroatoms. The lowest BCUT2D eigenvalue weighted by molar-refractivity contribution is -0.117.